The zero-order valence-electron chi connectivity index (χ0n) is 16.4. The maximum atomic E-state index is 13.8. The minimum absolute atomic E-state index is 0.0531. The van der Waals surface area contributed by atoms with Gasteiger partial charge in [-0.15, -0.1) is 0 Å². The third-order valence-electron chi connectivity index (χ3n) is 4.34. The first-order valence-electron chi connectivity index (χ1n) is 9.02. The molecule has 33 heavy (non-hydrogen) atoms. The van der Waals surface area contributed by atoms with Crippen molar-refractivity contribution in [3.8, 4) is 0 Å². The lowest BCUT2D eigenvalue weighted by molar-refractivity contribution is -0.137. The lowest BCUT2D eigenvalue weighted by atomic mass is 10.2. The van der Waals surface area contributed by atoms with Gasteiger partial charge in [-0.1, -0.05) is 6.07 Å². The van der Waals surface area contributed by atoms with Gasteiger partial charge in [0.15, 0.2) is 17.5 Å². The number of hydrogen-bond acceptors (Lipinski definition) is 4. The fraction of sp³-hybridized carbons (Fsp3) is 0.150. The summed E-state index contributed by atoms with van der Waals surface area (Å²) < 4.78 is 111. The molecule has 1 N–H and O–H groups in total. The number of hydrogen-bond donors (Lipinski definition) is 1. The van der Waals surface area contributed by atoms with E-state index < -0.39 is 68.8 Å². The number of nitrogens with one attached hydrogen (secondary N) is 1. The average Bonchev–Trinajstić information content (AvgIpc) is 3.26. The van der Waals surface area contributed by atoms with E-state index in [4.69, 9.17) is 4.42 Å². The number of furan rings is 1. The monoisotopic (exact) mass is 492 g/mol. The molecular weight excluding hydrogens is 478 g/mol. The molecule has 6 nitrogen and oxygen atoms in total. The number of alkyl halides is 3. The van der Waals surface area contributed by atoms with Gasteiger partial charge in [-0.05, 0) is 42.5 Å². The van der Waals surface area contributed by atoms with E-state index in [9.17, 15) is 39.6 Å². The Hall–Kier alpha value is -3.32. The number of benzene rings is 2. The normalized spacial score (nSPS) is 12.2. The molecule has 0 aliphatic rings. The lowest BCUT2D eigenvalue weighted by Gasteiger charge is -2.21. The molecular formula is C20H14F6N2O4S. The maximum Gasteiger partial charge on any atom is 0.416 e. The summed E-state index contributed by atoms with van der Waals surface area (Å²) in [5.41, 5.74) is -1.98. The van der Waals surface area contributed by atoms with E-state index >= 15 is 0 Å². The van der Waals surface area contributed by atoms with Crippen LogP contribution in [-0.4, -0.2) is 25.2 Å². The first-order chi connectivity index (χ1) is 15.4. The van der Waals surface area contributed by atoms with Crippen molar-refractivity contribution in [2.75, 3.05) is 11.9 Å². The molecule has 176 valence electrons. The molecule has 0 bridgehead atoms. The van der Waals surface area contributed by atoms with Gasteiger partial charge < -0.3 is 9.73 Å². The Kier molecular flexibility index (Phi) is 6.84. The van der Waals surface area contributed by atoms with E-state index in [1.165, 1.54) is 18.4 Å². The van der Waals surface area contributed by atoms with Crippen molar-refractivity contribution in [1.29, 1.82) is 0 Å². The summed E-state index contributed by atoms with van der Waals surface area (Å²) in [6.45, 7) is -1.56. The molecule has 3 aromatic rings. The second kappa shape index (κ2) is 9.27. The number of sulfonamides is 1. The van der Waals surface area contributed by atoms with Crippen molar-refractivity contribution in [2.24, 2.45) is 0 Å². The average molecular weight is 492 g/mol. The smallest absolute Gasteiger partial charge is 0.416 e. The Bertz CT molecular complexity index is 1260. The van der Waals surface area contributed by atoms with Gasteiger partial charge in [0.1, 0.15) is 5.76 Å². The third-order valence-corrected chi connectivity index (χ3v) is 6.13. The summed E-state index contributed by atoms with van der Waals surface area (Å²) in [6.07, 6.45) is -3.61. The minimum atomic E-state index is -4.82. The highest BCUT2D eigenvalue weighted by atomic mass is 32.2. The Morgan fingerprint density at radius 3 is 2.36 bits per heavy atom. The van der Waals surface area contributed by atoms with Gasteiger partial charge in [0.25, 0.3) is 0 Å². The van der Waals surface area contributed by atoms with Crippen LogP contribution in [0.4, 0.5) is 32.0 Å². The SMILES string of the molecule is O=C(CN(Cc1ccco1)S(=O)(=O)c1cccc(C(F)(F)F)c1)Nc1ccc(F)c(F)c1F. The van der Waals surface area contributed by atoms with Crippen molar-refractivity contribution in [3.05, 3.63) is 83.6 Å². The Morgan fingerprint density at radius 1 is 1.00 bits per heavy atom. The molecule has 2 aromatic carbocycles. The highest BCUT2D eigenvalue weighted by Gasteiger charge is 2.34. The van der Waals surface area contributed by atoms with Crippen LogP contribution in [-0.2, 0) is 27.5 Å². The van der Waals surface area contributed by atoms with Gasteiger partial charge in [0.05, 0.1) is 35.5 Å². The Labute approximate surface area is 183 Å². The standard InChI is InChI=1S/C20H14F6N2O4S/c21-15-6-7-16(19(23)18(15)22)27-17(29)11-28(10-13-4-2-8-32-13)33(30,31)14-5-1-3-12(9-14)20(24,25)26/h1-9H,10-11H2,(H,27,29). The highest BCUT2D eigenvalue weighted by molar-refractivity contribution is 7.89. The molecule has 0 unspecified atom stereocenters. The first-order valence-corrected chi connectivity index (χ1v) is 10.5. The van der Waals surface area contributed by atoms with Crippen molar-refractivity contribution >= 4 is 21.6 Å². The largest absolute Gasteiger partial charge is 0.468 e. The first kappa shape index (κ1) is 24.3. The molecule has 0 atom stereocenters. The number of halogens is 6. The van der Waals surface area contributed by atoms with Gasteiger partial charge in [-0.2, -0.15) is 17.5 Å². The van der Waals surface area contributed by atoms with E-state index in [1.807, 2.05) is 5.32 Å². The summed E-state index contributed by atoms with van der Waals surface area (Å²) in [4.78, 5) is 11.6. The summed E-state index contributed by atoms with van der Waals surface area (Å²) in [7, 11) is -4.69. The third kappa shape index (κ3) is 5.54. The second-order valence-electron chi connectivity index (χ2n) is 6.65. The van der Waals surface area contributed by atoms with Gasteiger partial charge in [-0.25, -0.2) is 21.6 Å². The van der Waals surface area contributed by atoms with Crippen LogP contribution >= 0.6 is 0 Å². The van der Waals surface area contributed by atoms with Crippen LogP contribution in [0.1, 0.15) is 11.3 Å². The van der Waals surface area contributed by atoms with Crippen molar-refractivity contribution in [2.45, 2.75) is 17.6 Å². The van der Waals surface area contributed by atoms with Crippen LogP contribution in [0.25, 0.3) is 0 Å². The predicted molar refractivity (Wildman–Crippen MR) is 103 cm³/mol. The van der Waals surface area contributed by atoms with E-state index in [2.05, 4.69) is 0 Å². The molecule has 1 aromatic heterocycles. The quantitative estimate of drug-likeness (QED) is 0.388. The van der Waals surface area contributed by atoms with Crippen LogP contribution in [0.3, 0.4) is 0 Å². The van der Waals surface area contributed by atoms with E-state index in [0.29, 0.717) is 22.5 Å². The van der Waals surface area contributed by atoms with E-state index in [0.717, 1.165) is 18.2 Å². The van der Waals surface area contributed by atoms with Crippen LogP contribution in [0.5, 0.6) is 0 Å². The molecule has 0 aliphatic heterocycles. The highest BCUT2D eigenvalue weighted by Crippen LogP contribution is 2.31. The molecule has 3 rings (SSSR count). The molecule has 0 saturated carbocycles. The molecule has 1 amide bonds. The zero-order chi connectivity index (χ0) is 24.4. The number of rotatable bonds is 7. The summed E-state index contributed by atoms with van der Waals surface area (Å²) in [5, 5.41) is 1.91. The van der Waals surface area contributed by atoms with Crippen molar-refractivity contribution in [1.82, 2.24) is 4.31 Å². The number of nitrogens with zero attached hydrogens (tertiary/aromatic N) is 1. The topological polar surface area (TPSA) is 79.6 Å². The molecule has 0 radical (unpaired) electrons. The number of carbonyl (C=O) groups excluding carboxylic acids is 1. The molecule has 13 heteroatoms. The van der Waals surface area contributed by atoms with Crippen LogP contribution in [0.15, 0.2) is 64.1 Å². The van der Waals surface area contributed by atoms with Gasteiger partial charge >= 0.3 is 6.18 Å². The molecule has 0 fully saturated rings. The fourth-order valence-corrected chi connectivity index (χ4v) is 4.17. The zero-order valence-corrected chi connectivity index (χ0v) is 17.2. The Balaban J connectivity index is 1.92. The molecule has 0 spiro atoms. The molecule has 0 saturated heterocycles. The van der Waals surface area contributed by atoms with Crippen LogP contribution < -0.4 is 5.32 Å². The molecule has 1 heterocycles. The molecule has 0 aliphatic carbocycles. The van der Waals surface area contributed by atoms with Gasteiger partial charge in [-0.3, -0.25) is 4.79 Å². The van der Waals surface area contributed by atoms with Gasteiger partial charge in [0, 0.05) is 0 Å². The van der Waals surface area contributed by atoms with Crippen LogP contribution in [0, 0.1) is 17.5 Å². The number of anilines is 1. The maximum absolute atomic E-state index is 13.8. The summed E-state index contributed by atoms with van der Waals surface area (Å²) >= 11 is 0. The number of carbonyl (C=O) groups is 1. The number of amides is 1. The lowest BCUT2D eigenvalue weighted by Crippen LogP contribution is -2.37. The summed E-state index contributed by atoms with van der Waals surface area (Å²) in [5.74, 6) is -6.17. The summed E-state index contributed by atoms with van der Waals surface area (Å²) in [6, 6.07) is 6.93. The predicted octanol–water partition coefficient (Wildman–Crippen LogP) is 4.55. The minimum Gasteiger partial charge on any atom is -0.468 e. The van der Waals surface area contributed by atoms with Crippen LogP contribution in [0.2, 0.25) is 0 Å². The van der Waals surface area contributed by atoms with E-state index in [-0.39, 0.29) is 5.76 Å². The fourth-order valence-electron chi connectivity index (χ4n) is 2.76. The second-order valence-corrected chi connectivity index (χ2v) is 8.59. The van der Waals surface area contributed by atoms with Gasteiger partial charge in [0.2, 0.25) is 15.9 Å². The Morgan fingerprint density at radius 2 is 1.73 bits per heavy atom. The van der Waals surface area contributed by atoms with Crippen molar-refractivity contribution < 1.29 is 44.0 Å². The van der Waals surface area contributed by atoms with E-state index in [1.54, 1.807) is 0 Å². The van der Waals surface area contributed by atoms with Crippen molar-refractivity contribution in [3.63, 3.8) is 0 Å².